The quantitative estimate of drug-likeness (QED) is 0.369. The van der Waals surface area contributed by atoms with Crippen LogP contribution in [0.3, 0.4) is 0 Å². The van der Waals surface area contributed by atoms with Gasteiger partial charge in [0.15, 0.2) is 5.92 Å². The molecule has 0 aliphatic heterocycles. The molecule has 0 aliphatic rings. The lowest BCUT2D eigenvalue weighted by molar-refractivity contribution is -0.161. The first-order valence-electron chi connectivity index (χ1n) is 7.54. The van der Waals surface area contributed by atoms with E-state index in [0.717, 1.165) is 18.4 Å². The van der Waals surface area contributed by atoms with Gasteiger partial charge in [-0.25, -0.2) is 0 Å². The van der Waals surface area contributed by atoms with Gasteiger partial charge in [-0.05, 0) is 53.9 Å². The fourth-order valence-corrected chi connectivity index (χ4v) is 1.78. The minimum atomic E-state index is -0.858. The summed E-state index contributed by atoms with van der Waals surface area (Å²) in [6, 6.07) is 0. The first-order valence-corrected chi connectivity index (χ1v) is 7.54. The van der Waals surface area contributed by atoms with Gasteiger partial charge in [0.2, 0.25) is 0 Å². The second kappa shape index (κ2) is 11.1. The Morgan fingerprint density at radius 2 is 1.48 bits per heavy atom. The SMILES string of the molecule is CCOC(=O)C(CC=C(C)CCC=C(C)C)C(=O)OCC. The number of rotatable bonds is 9. The lowest BCUT2D eigenvalue weighted by atomic mass is 10.0. The van der Waals surface area contributed by atoms with Crippen LogP contribution >= 0.6 is 0 Å². The Labute approximate surface area is 128 Å². The molecular weight excluding hydrogens is 268 g/mol. The molecule has 0 amide bonds. The van der Waals surface area contributed by atoms with E-state index in [0.29, 0.717) is 6.42 Å². The third kappa shape index (κ3) is 9.05. The van der Waals surface area contributed by atoms with Gasteiger partial charge in [0.25, 0.3) is 0 Å². The molecular formula is C17H28O4. The van der Waals surface area contributed by atoms with Gasteiger partial charge in [0.1, 0.15) is 0 Å². The molecule has 0 aromatic rings. The number of carbonyl (C=O) groups is 2. The van der Waals surface area contributed by atoms with Crippen LogP contribution in [0.15, 0.2) is 23.3 Å². The Hall–Kier alpha value is -1.58. The highest BCUT2D eigenvalue weighted by Crippen LogP contribution is 2.14. The summed E-state index contributed by atoms with van der Waals surface area (Å²) in [4.78, 5) is 23.6. The normalized spacial score (nSPS) is 11.2. The first-order chi connectivity index (χ1) is 9.92. The van der Waals surface area contributed by atoms with Gasteiger partial charge in [0.05, 0.1) is 13.2 Å². The summed E-state index contributed by atoms with van der Waals surface area (Å²) in [5, 5.41) is 0. The van der Waals surface area contributed by atoms with Crippen LogP contribution in [-0.2, 0) is 19.1 Å². The molecule has 120 valence electrons. The monoisotopic (exact) mass is 296 g/mol. The van der Waals surface area contributed by atoms with E-state index in [1.54, 1.807) is 13.8 Å². The van der Waals surface area contributed by atoms with Crippen molar-refractivity contribution in [2.24, 2.45) is 5.92 Å². The third-order valence-electron chi connectivity index (χ3n) is 2.94. The highest BCUT2D eigenvalue weighted by atomic mass is 16.6. The lowest BCUT2D eigenvalue weighted by Gasteiger charge is -2.13. The van der Waals surface area contributed by atoms with Crippen molar-refractivity contribution >= 4 is 11.9 Å². The van der Waals surface area contributed by atoms with Crippen LogP contribution in [-0.4, -0.2) is 25.2 Å². The summed E-state index contributed by atoms with van der Waals surface area (Å²) in [7, 11) is 0. The summed E-state index contributed by atoms with van der Waals surface area (Å²) in [6.07, 6.45) is 6.32. The van der Waals surface area contributed by atoms with E-state index in [9.17, 15) is 9.59 Å². The molecule has 0 saturated heterocycles. The summed E-state index contributed by atoms with van der Waals surface area (Å²) >= 11 is 0. The van der Waals surface area contributed by atoms with E-state index in [2.05, 4.69) is 19.9 Å². The molecule has 0 rings (SSSR count). The van der Waals surface area contributed by atoms with E-state index in [1.807, 2.05) is 13.0 Å². The largest absolute Gasteiger partial charge is 0.465 e. The Balaban J connectivity index is 4.61. The Morgan fingerprint density at radius 3 is 1.90 bits per heavy atom. The summed E-state index contributed by atoms with van der Waals surface area (Å²) in [5.74, 6) is -1.88. The molecule has 0 N–H and O–H groups in total. The van der Waals surface area contributed by atoms with Crippen LogP contribution in [0.4, 0.5) is 0 Å². The Morgan fingerprint density at radius 1 is 0.952 bits per heavy atom. The third-order valence-corrected chi connectivity index (χ3v) is 2.94. The first kappa shape index (κ1) is 19.4. The van der Waals surface area contributed by atoms with Gasteiger partial charge in [-0.15, -0.1) is 0 Å². The summed E-state index contributed by atoms with van der Waals surface area (Å²) in [5.41, 5.74) is 2.45. The average molecular weight is 296 g/mol. The highest BCUT2D eigenvalue weighted by Gasteiger charge is 2.28. The number of ether oxygens (including phenoxy) is 2. The van der Waals surface area contributed by atoms with Crippen molar-refractivity contribution in [3.05, 3.63) is 23.3 Å². The average Bonchev–Trinajstić information content (AvgIpc) is 2.39. The molecule has 0 atom stereocenters. The Bertz CT molecular complexity index is 372. The van der Waals surface area contributed by atoms with Gasteiger partial charge >= 0.3 is 11.9 Å². The van der Waals surface area contributed by atoms with Gasteiger partial charge in [-0.2, -0.15) is 0 Å². The summed E-state index contributed by atoms with van der Waals surface area (Å²) < 4.78 is 9.88. The molecule has 0 radical (unpaired) electrons. The van der Waals surface area contributed by atoms with Crippen molar-refractivity contribution in [2.75, 3.05) is 13.2 Å². The van der Waals surface area contributed by atoms with E-state index in [-0.39, 0.29) is 13.2 Å². The maximum atomic E-state index is 11.8. The van der Waals surface area contributed by atoms with Gasteiger partial charge in [-0.3, -0.25) is 9.59 Å². The van der Waals surface area contributed by atoms with Crippen LogP contribution < -0.4 is 0 Å². The van der Waals surface area contributed by atoms with Gasteiger partial charge in [-0.1, -0.05) is 23.3 Å². The molecule has 21 heavy (non-hydrogen) atoms. The van der Waals surface area contributed by atoms with Crippen LogP contribution in [0.2, 0.25) is 0 Å². The van der Waals surface area contributed by atoms with Crippen molar-refractivity contribution in [1.82, 2.24) is 0 Å². The topological polar surface area (TPSA) is 52.6 Å². The molecule has 0 heterocycles. The lowest BCUT2D eigenvalue weighted by Crippen LogP contribution is -2.27. The summed E-state index contributed by atoms with van der Waals surface area (Å²) in [6.45, 7) is 10.1. The van der Waals surface area contributed by atoms with Crippen LogP contribution in [0.1, 0.15) is 53.9 Å². The number of esters is 2. The smallest absolute Gasteiger partial charge is 0.320 e. The van der Waals surface area contributed by atoms with Crippen molar-refractivity contribution < 1.29 is 19.1 Å². The zero-order valence-corrected chi connectivity index (χ0v) is 13.9. The van der Waals surface area contributed by atoms with E-state index >= 15 is 0 Å². The minimum absolute atomic E-state index is 0.262. The Kier molecular flexibility index (Phi) is 10.3. The molecule has 0 aromatic heterocycles. The van der Waals surface area contributed by atoms with Crippen LogP contribution in [0, 0.1) is 5.92 Å². The molecule has 4 nitrogen and oxygen atoms in total. The van der Waals surface area contributed by atoms with Crippen molar-refractivity contribution in [1.29, 1.82) is 0 Å². The van der Waals surface area contributed by atoms with Crippen molar-refractivity contribution in [2.45, 2.75) is 53.9 Å². The van der Waals surface area contributed by atoms with Gasteiger partial charge in [0, 0.05) is 0 Å². The molecule has 0 aliphatic carbocycles. The number of allylic oxidation sites excluding steroid dienone is 4. The van der Waals surface area contributed by atoms with Crippen molar-refractivity contribution in [3.63, 3.8) is 0 Å². The highest BCUT2D eigenvalue weighted by molar-refractivity contribution is 5.95. The van der Waals surface area contributed by atoms with Crippen LogP contribution in [0.25, 0.3) is 0 Å². The molecule has 4 heteroatoms. The van der Waals surface area contributed by atoms with E-state index < -0.39 is 17.9 Å². The molecule has 0 fully saturated rings. The second-order valence-corrected chi connectivity index (χ2v) is 5.16. The van der Waals surface area contributed by atoms with E-state index in [4.69, 9.17) is 9.47 Å². The predicted octanol–water partition coefficient (Wildman–Crippen LogP) is 3.81. The standard InChI is InChI=1S/C17H28O4/c1-6-20-16(18)15(17(19)21-7-2)12-11-14(5)10-8-9-13(3)4/h9,11,15H,6-8,10,12H2,1-5H3. The molecule has 0 bridgehead atoms. The molecule has 0 spiro atoms. The van der Waals surface area contributed by atoms with Crippen LogP contribution in [0.5, 0.6) is 0 Å². The number of hydrogen-bond donors (Lipinski definition) is 0. The minimum Gasteiger partial charge on any atom is -0.465 e. The fraction of sp³-hybridized carbons (Fsp3) is 0.647. The zero-order chi connectivity index (χ0) is 16.3. The number of hydrogen-bond acceptors (Lipinski definition) is 4. The molecule has 0 aromatic carbocycles. The number of carbonyl (C=O) groups excluding carboxylic acids is 2. The maximum Gasteiger partial charge on any atom is 0.320 e. The van der Waals surface area contributed by atoms with Gasteiger partial charge < -0.3 is 9.47 Å². The maximum absolute atomic E-state index is 11.8. The molecule has 0 unspecified atom stereocenters. The van der Waals surface area contributed by atoms with Crippen molar-refractivity contribution in [3.8, 4) is 0 Å². The molecule has 0 saturated carbocycles. The zero-order valence-electron chi connectivity index (χ0n) is 13.9. The fourth-order valence-electron chi connectivity index (χ4n) is 1.78. The second-order valence-electron chi connectivity index (χ2n) is 5.16. The van der Waals surface area contributed by atoms with E-state index in [1.165, 1.54) is 5.57 Å². The predicted molar refractivity (Wildman–Crippen MR) is 83.8 cm³/mol.